The Morgan fingerprint density at radius 1 is 0.889 bits per heavy atom. The summed E-state index contributed by atoms with van der Waals surface area (Å²) < 4.78 is 5.22. The first-order chi connectivity index (χ1) is 8.66. The van der Waals surface area contributed by atoms with Crippen molar-refractivity contribution in [2.45, 2.75) is 26.2 Å². The summed E-state index contributed by atoms with van der Waals surface area (Å²) >= 11 is 8.10. The highest BCUT2D eigenvalue weighted by atomic mass is 32.1. The summed E-state index contributed by atoms with van der Waals surface area (Å²) in [6.07, 6.45) is 2.70. The van der Waals surface area contributed by atoms with Gasteiger partial charge in [-0.15, -0.1) is 0 Å². The minimum Gasteiger partial charge on any atom is -0.396 e. The third kappa shape index (κ3) is 11.6. The molecule has 0 atom stereocenters. The maximum atomic E-state index is 8.66. The van der Waals surface area contributed by atoms with Crippen molar-refractivity contribution in [1.29, 1.82) is 0 Å². The molecule has 0 spiro atoms. The van der Waals surface area contributed by atoms with Crippen LogP contribution in [0.5, 0.6) is 0 Å². The first-order valence-corrected chi connectivity index (χ1v) is 7.54. The number of rotatable bonds is 10. The lowest BCUT2D eigenvalue weighted by Crippen LogP contribution is -2.32. The van der Waals surface area contributed by atoms with Crippen LogP contribution in [0.2, 0.25) is 0 Å². The van der Waals surface area contributed by atoms with Crippen LogP contribution in [0.3, 0.4) is 0 Å². The van der Waals surface area contributed by atoms with Gasteiger partial charge in [-0.2, -0.15) is 25.3 Å². The lowest BCUT2D eigenvalue weighted by atomic mass is 9.88. The summed E-state index contributed by atoms with van der Waals surface area (Å²) in [5.41, 5.74) is -0.667. The molecule has 0 aliphatic heterocycles. The van der Waals surface area contributed by atoms with Gasteiger partial charge in [0.15, 0.2) is 0 Å². The van der Waals surface area contributed by atoms with Crippen molar-refractivity contribution in [3.05, 3.63) is 0 Å². The zero-order chi connectivity index (χ0) is 14.3. The van der Waals surface area contributed by atoms with E-state index in [1.165, 1.54) is 0 Å². The highest BCUT2D eigenvalue weighted by Crippen LogP contribution is 2.18. The number of thiol groups is 2. The average Bonchev–Trinajstić information content (AvgIpc) is 2.43. The van der Waals surface area contributed by atoms with Crippen molar-refractivity contribution in [2.24, 2.45) is 5.41 Å². The van der Waals surface area contributed by atoms with Gasteiger partial charge in [0.1, 0.15) is 0 Å². The monoisotopic (exact) mass is 300 g/mol. The predicted molar refractivity (Wildman–Crippen MR) is 81.7 cm³/mol. The molecule has 18 heavy (non-hydrogen) atoms. The van der Waals surface area contributed by atoms with Crippen molar-refractivity contribution in [1.82, 2.24) is 0 Å². The quantitative estimate of drug-likeness (QED) is 0.308. The van der Waals surface area contributed by atoms with E-state index < -0.39 is 5.41 Å². The topological polar surface area (TPSA) is 69.9 Å². The Balaban J connectivity index is 0. The average molecular weight is 300 g/mol. The molecule has 0 unspecified atom stereocenters. The van der Waals surface area contributed by atoms with Gasteiger partial charge in [-0.25, -0.2) is 0 Å². The molecule has 0 aromatic carbocycles. The second-order valence-corrected chi connectivity index (χ2v) is 4.99. The fraction of sp³-hybridized carbons (Fsp3) is 1.00. The maximum absolute atomic E-state index is 8.66. The van der Waals surface area contributed by atoms with Crippen LogP contribution in [0.25, 0.3) is 0 Å². The Hall–Kier alpha value is 0.540. The fourth-order valence-electron chi connectivity index (χ4n) is 0.921. The van der Waals surface area contributed by atoms with E-state index in [-0.39, 0.29) is 19.8 Å². The van der Waals surface area contributed by atoms with E-state index in [9.17, 15) is 0 Å². The van der Waals surface area contributed by atoms with Gasteiger partial charge in [-0.05, 0) is 30.8 Å². The number of aliphatic hydroxyl groups is 3. The minimum atomic E-state index is -0.667. The Morgan fingerprint density at radius 3 is 1.44 bits per heavy atom. The van der Waals surface area contributed by atoms with E-state index in [4.69, 9.17) is 20.1 Å². The minimum absolute atomic E-state index is 0.156. The third-order valence-electron chi connectivity index (χ3n) is 2.65. The van der Waals surface area contributed by atoms with Crippen LogP contribution in [0.1, 0.15) is 26.2 Å². The van der Waals surface area contributed by atoms with E-state index in [0.29, 0.717) is 6.42 Å². The molecule has 0 aliphatic rings. The molecule has 0 heterocycles. The largest absolute Gasteiger partial charge is 0.396 e. The smallest absolute Gasteiger partial charge is 0.0531 e. The molecule has 112 valence electrons. The predicted octanol–water partition coefficient (Wildman–Crippen LogP) is 1.00. The molecule has 0 saturated carbocycles. The van der Waals surface area contributed by atoms with Crippen molar-refractivity contribution >= 4 is 25.3 Å². The molecule has 0 aromatic heterocycles. The van der Waals surface area contributed by atoms with Gasteiger partial charge in [0, 0.05) is 18.6 Å². The lowest BCUT2D eigenvalue weighted by Gasteiger charge is -2.24. The molecule has 4 nitrogen and oxygen atoms in total. The molecule has 0 rings (SSSR count). The molecule has 3 N–H and O–H groups in total. The van der Waals surface area contributed by atoms with Crippen molar-refractivity contribution in [3.8, 4) is 0 Å². The Morgan fingerprint density at radius 2 is 1.28 bits per heavy atom. The van der Waals surface area contributed by atoms with Crippen LogP contribution in [0, 0.1) is 5.41 Å². The van der Waals surface area contributed by atoms with Crippen LogP contribution in [0.4, 0.5) is 0 Å². The summed E-state index contributed by atoms with van der Waals surface area (Å²) in [7, 11) is 0. The Bertz CT molecular complexity index is 132. The fourth-order valence-corrected chi connectivity index (χ4v) is 1.18. The second-order valence-electron chi connectivity index (χ2n) is 4.09. The van der Waals surface area contributed by atoms with E-state index in [1.54, 1.807) is 0 Å². The molecule has 0 radical (unpaired) electrons. The van der Waals surface area contributed by atoms with Crippen LogP contribution in [-0.4, -0.2) is 59.9 Å². The summed E-state index contributed by atoms with van der Waals surface area (Å²) in [6.45, 7) is 3.04. The summed E-state index contributed by atoms with van der Waals surface area (Å²) in [5, 5.41) is 26.0. The van der Waals surface area contributed by atoms with Crippen LogP contribution in [-0.2, 0) is 4.74 Å². The highest BCUT2D eigenvalue weighted by Gasteiger charge is 2.24. The van der Waals surface area contributed by atoms with Gasteiger partial charge in [0.2, 0.25) is 0 Å². The van der Waals surface area contributed by atoms with Gasteiger partial charge in [-0.1, -0.05) is 6.92 Å². The lowest BCUT2D eigenvalue weighted by molar-refractivity contribution is 0.00304. The molecular formula is C12H28O4S2. The van der Waals surface area contributed by atoms with Gasteiger partial charge in [-0.3, -0.25) is 0 Å². The van der Waals surface area contributed by atoms with Crippen molar-refractivity contribution in [2.75, 3.05) is 44.5 Å². The SMILES string of the molecule is CCC(CO)(CO)CO.SCCCOCCCS. The zero-order valence-corrected chi connectivity index (χ0v) is 13.0. The number of hydrogen-bond donors (Lipinski definition) is 5. The van der Waals surface area contributed by atoms with Crippen molar-refractivity contribution in [3.63, 3.8) is 0 Å². The summed E-state index contributed by atoms with van der Waals surface area (Å²) in [5.74, 6) is 1.84. The first kappa shape index (κ1) is 20.8. The molecule has 0 saturated heterocycles. The van der Waals surface area contributed by atoms with Gasteiger partial charge < -0.3 is 20.1 Å². The van der Waals surface area contributed by atoms with Crippen molar-refractivity contribution < 1.29 is 20.1 Å². The standard InChI is InChI=1S/C6H14O3.C6H14OS2/c1-2-6(3-7,4-8)5-9;8-5-1-3-7-4-2-6-9/h7-9H,2-5H2,1H3;8-9H,1-6H2. The van der Waals surface area contributed by atoms with E-state index in [2.05, 4.69) is 25.3 Å². The third-order valence-corrected chi connectivity index (χ3v) is 3.28. The summed E-state index contributed by atoms with van der Waals surface area (Å²) in [4.78, 5) is 0. The van der Waals surface area contributed by atoms with Gasteiger partial charge in [0.05, 0.1) is 19.8 Å². The second kappa shape index (κ2) is 15.6. The first-order valence-electron chi connectivity index (χ1n) is 6.28. The van der Waals surface area contributed by atoms with E-state index >= 15 is 0 Å². The normalized spacial score (nSPS) is 11.0. The number of aliphatic hydroxyl groups excluding tert-OH is 3. The summed E-state index contributed by atoms with van der Waals surface area (Å²) in [6, 6.07) is 0. The molecule has 6 heteroatoms. The molecule has 0 aromatic rings. The molecule has 0 amide bonds. The Kier molecular flexibility index (Phi) is 18.1. The molecule has 0 aliphatic carbocycles. The van der Waals surface area contributed by atoms with Crippen LogP contribution < -0.4 is 0 Å². The molecule has 0 fully saturated rings. The van der Waals surface area contributed by atoms with E-state index in [0.717, 1.165) is 37.6 Å². The zero-order valence-electron chi connectivity index (χ0n) is 11.2. The molecule has 0 bridgehead atoms. The van der Waals surface area contributed by atoms with Crippen LogP contribution in [0.15, 0.2) is 0 Å². The number of ether oxygens (including phenoxy) is 1. The maximum Gasteiger partial charge on any atom is 0.0531 e. The van der Waals surface area contributed by atoms with Crippen LogP contribution >= 0.6 is 25.3 Å². The van der Waals surface area contributed by atoms with Gasteiger partial charge in [0.25, 0.3) is 0 Å². The van der Waals surface area contributed by atoms with E-state index in [1.807, 2.05) is 6.92 Å². The molecular weight excluding hydrogens is 272 g/mol. The number of hydrogen-bond acceptors (Lipinski definition) is 6. The highest BCUT2D eigenvalue weighted by molar-refractivity contribution is 7.80. The van der Waals surface area contributed by atoms with Gasteiger partial charge >= 0.3 is 0 Å². The Labute approximate surface area is 122 Å².